The molecule has 0 aliphatic carbocycles. The number of nitrogens with one attached hydrogen (secondary N) is 1. The van der Waals surface area contributed by atoms with Crippen molar-refractivity contribution >= 4 is 27.4 Å². The molecule has 2 aromatic rings. The number of fused-ring (bicyclic) bond motifs is 1. The van der Waals surface area contributed by atoms with E-state index in [0.717, 1.165) is 0 Å². The molecule has 2 N–H and O–H groups in total. The van der Waals surface area contributed by atoms with Crippen LogP contribution in [0.1, 0.15) is 10.5 Å². The van der Waals surface area contributed by atoms with Gasteiger partial charge in [-0.3, -0.25) is 0 Å². The third-order valence-corrected chi connectivity index (χ3v) is 2.27. The maximum Gasteiger partial charge on any atom is 0.352 e. The van der Waals surface area contributed by atoms with Crippen molar-refractivity contribution < 1.29 is 9.90 Å². The Morgan fingerprint density at radius 1 is 1.64 bits per heavy atom. The molecule has 0 aliphatic heterocycles. The van der Waals surface area contributed by atoms with E-state index in [4.69, 9.17) is 5.11 Å². The van der Waals surface area contributed by atoms with Crippen LogP contribution < -0.4 is 5.69 Å². The zero-order chi connectivity index (χ0) is 10.3. The predicted octanol–water partition coefficient (Wildman–Crippen LogP) is 0.483. The van der Waals surface area contributed by atoms with Crippen molar-refractivity contribution in [2.45, 2.75) is 0 Å². The Bertz CT molecular complexity index is 571. The molecular formula is C7H4BrN3O3. The molecule has 0 aromatic carbocycles. The second-order valence-electron chi connectivity index (χ2n) is 2.58. The maximum absolute atomic E-state index is 11.4. The van der Waals surface area contributed by atoms with Crippen LogP contribution in [-0.4, -0.2) is 25.4 Å². The van der Waals surface area contributed by atoms with Crippen LogP contribution in [0.5, 0.6) is 0 Å². The van der Waals surface area contributed by atoms with Gasteiger partial charge >= 0.3 is 11.7 Å². The van der Waals surface area contributed by atoms with Gasteiger partial charge in [0, 0.05) is 0 Å². The van der Waals surface area contributed by atoms with Crippen LogP contribution >= 0.6 is 15.9 Å². The molecule has 2 heterocycles. The van der Waals surface area contributed by atoms with Crippen molar-refractivity contribution in [3.05, 3.63) is 33.2 Å². The van der Waals surface area contributed by atoms with Gasteiger partial charge in [0.25, 0.3) is 0 Å². The first-order chi connectivity index (χ1) is 6.59. The summed E-state index contributed by atoms with van der Waals surface area (Å²) in [5.41, 5.74) is -0.266. The minimum absolute atomic E-state index is 0.157. The van der Waals surface area contributed by atoms with Gasteiger partial charge in [-0.15, -0.1) is 0 Å². The van der Waals surface area contributed by atoms with E-state index in [2.05, 4.69) is 25.9 Å². The van der Waals surface area contributed by atoms with Crippen molar-refractivity contribution in [1.29, 1.82) is 0 Å². The highest BCUT2D eigenvalue weighted by molar-refractivity contribution is 9.10. The number of hydrogen-bond donors (Lipinski definition) is 2. The molecule has 0 atom stereocenters. The first-order valence-electron chi connectivity index (χ1n) is 3.59. The zero-order valence-electron chi connectivity index (χ0n) is 6.69. The first kappa shape index (κ1) is 8.95. The van der Waals surface area contributed by atoms with E-state index in [9.17, 15) is 9.59 Å². The predicted molar refractivity (Wildman–Crippen MR) is 50.5 cm³/mol. The van der Waals surface area contributed by atoms with Crippen LogP contribution in [0, 0.1) is 0 Å². The van der Waals surface area contributed by atoms with E-state index in [0.29, 0.717) is 10.3 Å². The summed E-state index contributed by atoms with van der Waals surface area (Å²) in [7, 11) is 0. The number of aromatic nitrogens is 3. The lowest BCUT2D eigenvalue weighted by atomic mass is 10.4. The topological polar surface area (TPSA) is 87.5 Å². The third kappa shape index (κ3) is 1.22. The zero-order valence-corrected chi connectivity index (χ0v) is 8.28. The average molecular weight is 258 g/mol. The smallest absolute Gasteiger partial charge is 0.352 e. The van der Waals surface area contributed by atoms with Crippen LogP contribution in [0.25, 0.3) is 5.52 Å². The lowest BCUT2D eigenvalue weighted by Gasteiger charge is -1.96. The largest absolute Gasteiger partial charge is 0.477 e. The number of halogens is 1. The second kappa shape index (κ2) is 2.95. The summed E-state index contributed by atoms with van der Waals surface area (Å²) in [6, 6.07) is 1.33. The van der Waals surface area contributed by atoms with E-state index in [-0.39, 0.29) is 5.69 Å². The Labute approximate surface area is 85.3 Å². The van der Waals surface area contributed by atoms with E-state index < -0.39 is 11.7 Å². The molecule has 0 saturated heterocycles. The fourth-order valence-corrected chi connectivity index (χ4v) is 1.58. The second-order valence-corrected chi connectivity index (χ2v) is 3.29. The molecule has 0 saturated carbocycles. The molecule has 2 aromatic heterocycles. The summed E-state index contributed by atoms with van der Waals surface area (Å²) in [4.78, 5) is 28.0. The van der Waals surface area contributed by atoms with Crippen LogP contribution in [0.2, 0.25) is 0 Å². The number of hydrogen-bond acceptors (Lipinski definition) is 3. The van der Waals surface area contributed by atoms with Gasteiger partial charge in [0.2, 0.25) is 0 Å². The highest BCUT2D eigenvalue weighted by Gasteiger charge is 2.09. The summed E-state index contributed by atoms with van der Waals surface area (Å²) < 4.78 is 1.57. The van der Waals surface area contributed by atoms with Gasteiger partial charge in [0.05, 0.1) is 11.7 Å². The van der Waals surface area contributed by atoms with Gasteiger partial charge in [-0.1, -0.05) is 0 Å². The lowest BCUT2D eigenvalue weighted by Crippen LogP contribution is -2.19. The van der Waals surface area contributed by atoms with Gasteiger partial charge < -0.3 is 10.1 Å². The van der Waals surface area contributed by atoms with Gasteiger partial charge in [-0.25, -0.2) is 19.0 Å². The van der Waals surface area contributed by atoms with Crippen molar-refractivity contribution in [3.63, 3.8) is 0 Å². The Morgan fingerprint density at radius 2 is 2.36 bits per heavy atom. The number of carboxylic acids is 1. The fraction of sp³-hybridized carbons (Fsp3) is 0. The summed E-state index contributed by atoms with van der Waals surface area (Å²) in [5.74, 6) is -1.18. The van der Waals surface area contributed by atoms with Crippen molar-refractivity contribution in [3.8, 4) is 0 Å². The molecular weight excluding hydrogens is 254 g/mol. The first-order valence-corrected chi connectivity index (χ1v) is 4.38. The number of rotatable bonds is 1. The average Bonchev–Trinajstić information content (AvgIpc) is 2.48. The van der Waals surface area contributed by atoms with Crippen LogP contribution in [-0.2, 0) is 0 Å². The Balaban J connectivity index is 2.87. The SMILES string of the molecule is O=C(O)c1cc2cnc(Br)n2c(=O)[nH]1. The number of H-pyrrole nitrogens is 1. The standard InChI is InChI=1S/C7H4BrN3O3/c8-6-9-2-3-1-4(5(12)13)10-7(14)11(3)6/h1-2H,(H,10,14)(H,12,13). The molecule has 0 fully saturated rings. The molecule has 0 spiro atoms. The molecule has 6 nitrogen and oxygen atoms in total. The summed E-state index contributed by atoms with van der Waals surface area (Å²) in [6.45, 7) is 0. The number of aromatic amines is 1. The minimum Gasteiger partial charge on any atom is -0.477 e. The van der Waals surface area contributed by atoms with E-state index in [1.807, 2.05) is 0 Å². The minimum atomic E-state index is -1.18. The highest BCUT2D eigenvalue weighted by atomic mass is 79.9. The van der Waals surface area contributed by atoms with Crippen molar-refractivity contribution in [2.75, 3.05) is 0 Å². The number of carbonyl (C=O) groups is 1. The fourth-order valence-electron chi connectivity index (χ4n) is 1.11. The van der Waals surface area contributed by atoms with Crippen LogP contribution in [0.15, 0.2) is 21.8 Å². The quantitative estimate of drug-likeness (QED) is 0.778. The van der Waals surface area contributed by atoms with Crippen LogP contribution in [0.4, 0.5) is 0 Å². The molecule has 2 rings (SSSR count). The van der Waals surface area contributed by atoms with E-state index >= 15 is 0 Å². The molecule has 0 bridgehead atoms. The molecule has 72 valence electrons. The number of imidazole rings is 1. The van der Waals surface area contributed by atoms with Crippen molar-refractivity contribution in [2.24, 2.45) is 0 Å². The van der Waals surface area contributed by atoms with Crippen LogP contribution in [0.3, 0.4) is 0 Å². The highest BCUT2D eigenvalue weighted by Crippen LogP contribution is 2.09. The molecule has 0 unspecified atom stereocenters. The maximum atomic E-state index is 11.4. The van der Waals surface area contributed by atoms with Gasteiger partial charge in [-0.2, -0.15) is 0 Å². The van der Waals surface area contributed by atoms with Gasteiger partial charge in [-0.05, 0) is 22.0 Å². The lowest BCUT2D eigenvalue weighted by molar-refractivity contribution is 0.0690. The number of carboxylic acid groups (broad SMARTS) is 1. The third-order valence-electron chi connectivity index (χ3n) is 1.71. The summed E-state index contributed by atoms with van der Waals surface area (Å²) >= 11 is 3.06. The van der Waals surface area contributed by atoms with Gasteiger partial charge in [0.15, 0.2) is 4.73 Å². The monoisotopic (exact) mass is 257 g/mol. The summed E-state index contributed by atoms with van der Waals surface area (Å²) in [5, 5.41) is 8.66. The molecule has 0 aliphatic rings. The molecule has 14 heavy (non-hydrogen) atoms. The van der Waals surface area contributed by atoms with Crippen molar-refractivity contribution in [1.82, 2.24) is 14.4 Å². The van der Waals surface area contributed by atoms with E-state index in [1.54, 1.807) is 0 Å². The van der Waals surface area contributed by atoms with E-state index in [1.165, 1.54) is 16.7 Å². The summed E-state index contributed by atoms with van der Waals surface area (Å²) in [6.07, 6.45) is 1.41. The molecule has 7 heteroatoms. The van der Waals surface area contributed by atoms with Gasteiger partial charge in [0.1, 0.15) is 5.69 Å². The Hall–Kier alpha value is -1.63. The molecule has 0 amide bonds. The Kier molecular flexibility index (Phi) is 1.88. The number of nitrogens with zero attached hydrogens (tertiary/aromatic N) is 2. The normalized spacial score (nSPS) is 10.6. The number of aromatic carboxylic acids is 1. The molecule has 0 radical (unpaired) electrons. The Morgan fingerprint density at radius 3 is 3.00 bits per heavy atom.